The number of aromatic nitrogens is 4. The maximum atomic E-state index is 12.9. The highest BCUT2D eigenvalue weighted by Gasteiger charge is 2.22. The largest absolute Gasteiger partial charge is 0.382 e. The van der Waals surface area contributed by atoms with E-state index in [0.29, 0.717) is 32.1 Å². The van der Waals surface area contributed by atoms with Gasteiger partial charge in [-0.2, -0.15) is 5.10 Å². The second-order valence-electron chi connectivity index (χ2n) is 8.80. The highest BCUT2D eigenvalue weighted by Crippen LogP contribution is 2.32. The predicted octanol–water partition coefficient (Wildman–Crippen LogP) is 1.78. The zero-order chi connectivity index (χ0) is 22.8. The van der Waals surface area contributed by atoms with Gasteiger partial charge in [-0.3, -0.25) is 14.3 Å². The molecule has 0 bridgehead atoms. The van der Waals surface area contributed by atoms with E-state index in [1.54, 1.807) is 12.3 Å². The van der Waals surface area contributed by atoms with Crippen LogP contribution in [0.25, 0.3) is 11.0 Å². The molecule has 2 aliphatic rings. The standard InChI is InChI=1S/C24H29N7O2/c1-16-3-4-18-19(28-16)5-6-20-24(18)29-21(8-12-30-11-2-9-27-30)31(20)15-23(33)26-14-17-7-10-25-22(32)13-17/h2,5-6,9,11,13,16,28H,3-4,7-8,10,12,14-15H2,1H3,(H,25,32)(H,26,33)/t16-/m0/s1. The number of nitrogens with zero attached hydrogens (tertiary/aromatic N) is 4. The van der Waals surface area contributed by atoms with Crippen LogP contribution in [0.1, 0.15) is 31.2 Å². The molecule has 0 aliphatic carbocycles. The molecule has 0 saturated carbocycles. The van der Waals surface area contributed by atoms with E-state index >= 15 is 0 Å². The Morgan fingerprint density at radius 2 is 2.21 bits per heavy atom. The van der Waals surface area contributed by atoms with E-state index in [9.17, 15) is 9.59 Å². The third-order valence-corrected chi connectivity index (χ3v) is 6.35. The highest BCUT2D eigenvalue weighted by molar-refractivity contribution is 5.89. The first-order valence-electron chi connectivity index (χ1n) is 11.6. The second-order valence-corrected chi connectivity index (χ2v) is 8.80. The second kappa shape index (κ2) is 9.09. The Morgan fingerprint density at radius 1 is 1.30 bits per heavy atom. The molecular formula is C24H29N7O2. The number of amides is 2. The summed E-state index contributed by atoms with van der Waals surface area (Å²) < 4.78 is 3.90. The van der Waals surface area contributed by atoms with Crippen LogP contribution in [0.15, 0.2) is 42.2 Å². The SMILES string of the molecule is C[C@H]1CCc2c(ccc3c2nc(CCn2cccn2)n3CC(=O)NCC2=CC(=O)NCC2)N1. The van der Waals surface area contributed by atoms with Crippen molar-refractivity contribution in [2.45, 2.75) is 51.7 Å². The number of imidazole rings is 1. The van der Waals surface area contributed by atoms with Gasteiger partial charge in [0.1, 0.15) is 12.4 Å². The van der Waals surface area contributed by atoms with E-state index in [4.69, 9.17) is 4.98 Å². The topological polar surface area (TPSA) is 106 Å². The Kier molecular flexibility index (Phi) is 5.85. The van der Waals surface area contributed by atoms with Crippen LogP contribution in [-0.2, 0) is 35.5 Å². The van der Waals surface area contributed by atoms with Gasteiger partial charge in [0.15, 0.2) is 0 Å². The predicted molar refractivity (Wildman–Crippen MR) is 126 cm³/mol. The minimum Gasteiger partial charge on any atom is -0.382 e. The van der Waals surface area contributed by atoms with Gasteiger partial charge in [0.25, 0.3) is 0 Å². The molecule has 172 valence electrons. The number of carbonyl (C=O) groups excluding carboxylic acids is 2. The molecule has 1 aromatic carbocycles. The molecule has 5 rings (SSSR count). The number of fused-ring (bicyclic) bond motifs is 3. The van der Waals surface area contributed by atoms with Gasteiger partial charge in [0, 0.05) is 61.8 Å². The van der Waals surface area contributed by atoms with Gasteiger partial charge in [0.05, 0.1) is 11.0 Å². The van der Waals surface area contributed by atoms with Crippen molar-refractivity contribution in [2.75, 3.05) is 18.4 Å². The first-order chi connectivity index (χ1) is 16.1. The molecule has 2 aliphatic heterocycles. The molecule has 4 heterocycles. The lowest BCUT2D eigenvalue weighted by Crippen LogP contribution is -2.34. The number of hydrogen-bond donors (Lipinski definition) is 3. The summed E-state index contributed by atoms with van der Waals surface area (Å²) in [5.74, 6) is 0.685. The fraction of sp³-hybridized carbons (Fsp3) is 0.417. The molecule has 9 nitrogen and oxygen atoms in total. The van der Waals surface area contributed by atoms with E-state index in [0.717, 1.165) is 47.4 Å². The average Bonchev–Trinajstić information content (AvgIpc) is 3.44. The number of rotatable bonds is 7. The molecule has 2 aromatic heterocycles. The van der Waals surface area contributed by atoms with Crippen LogP contribution in [0.2, 0.25) is 0 Å². The summed E-state index contributed by atoms with van der Waals surface area (Å²) >= 11 is 0. The van der Waals surface area contributed by atoms with Gasteiger partial charge in [-0.05, 0) is 50.0 Å². The van der Waals surface area contributed by atoms with Crippen LogP contribution in [-0.4, -0.2) is 50.3 Å². The zero-order valence-corrected chi connectivity index (χ0v) is 18.8. The van der Waals surface area contributed by atoms with Crippen molar-refractivity contribution in [3.05, 3.63) is 53.6 Å². The Labute approximate surface area is 192 Å². The third-order valence-electron chi connectivity index (χ3n) is 6.35. The number of aryl methyl sites for hydroxylation is 3. The molecule has 3 aromatic rings. The van der Waals surface area contributed by atoms with E-state index in [-0.39, 0.29) is 18.4 Å². The van der Waals surface area contributed by atoms with Crippen LogP contribution in [0.3, 0.4) is 0 Å². The quantitative estimate of drug-likeness (QED) is 0.512. The fourth-order valence-corrected chi connectivity index (χ4v) is 4.60. The first kappa shape index (κ1) is 21.2. The molecule has 3 N–H and O–H groups in total. The molecule has 0 fully saturated rings. The van der Waals surface area contributed by atoms with Crippen molar-refractivity contribution in [2.24, 2.45) is 0 Å². The summed E-state index contributed by atoms with van der Waals surface area (Å²) in [5.41, 5.74) is 5.25. The minimum absolute atomic E-state index is 0.0917. The van der Waals surface area contributed by atoms with E-state index < -0.39 is 0 Å². The lowest BCUT2D eigenvalue weighted by atomic mass is 9.98. The Bertz CT molecular complexity index is 1210. The van der Waals surface area contributed by atoms with E-state index in [1.165, 1.54) is 5.56 Å². The molecular weight excluding hydrogens is 418 g/mol. The molecule has 0 spiro atoms. The first-order valence-corrected chi connectivity index (χ1v) is 11.6. The monoisotopic (exact) mass is 447 g/mol. The Hall–Kier alpha value is -3.62. The summed E-state index contributed by atoms with van der Waals surface area (Å²) in [6.07, 6.45) is 8.73. The van der Waals surface area contributed by atoms with Gasteiger partial charge in [-0.1, -0.05) is 0 Å². The number of hydrogen-bond acceptors (Lipinski definition) is 5. The smallest absolute Gasteiger partial charge is 0.244 e. The minimum atomic E-state index is -0.0975. The molecule has 0 radical (unpaired) electrons. The van der Waals surface area contributed by atoms with Crippen molar-refractivity contribution in [1.82, 2.24) is 30.0 Å². The van der Waals surface area contributed by atoms with Crippen molar-refractivity contribution in [3.8, 4) is 0 Å². The number of carbonyl (C=O) groups is 2. The summed E-state index contributed by atoms with van der Waals surface area (Å²) in [4.78, 5) is 29.4. The van der Waals surface area contributed by atoms with Gasteiger partial charge in [0.2, 0.25) is 11.8 Å². The van der Waals surface area contributed by atoms with Gasteiger partial charge >= 0.3 is 0 Å². The van der Waals surface area contributed by atoms with Crippen LogP contribution in [0.4, 0.5) is 5.69 Å². The molecule has 9 heteroatoms. The normalized spacial score (nSPS) is 17.8. The molecule has 1 atom stereocenters. The fourth-order valence-electron chi connectivity index (χ4n) is 4.60. The summed E-state index contributed by atoms with van der Waals surface area (Å²) in [6.45, 7) is 4.07. The summed E-state index contributed by atoms with van der Waals surface area (Å²) in [5, 5.41) is 13.6. The van der Waals surface area contributed by atoms with E-state index in [2.05, 4.69) is 40.1 Å². The lowest BCUT2D eigenvalue weighted by Gasteiger charge is -2.24. The van der Waals surface area contributed by atoms with Gasteiger partial charge in [-0.25, -0.2) is 4.98 Å². The number of benzene rings is 1. The molecule has 33 heavy (non-hydrogen) atoms. The zero-order valence-electron chi connectivity index (χ0n) is 18.8. The average molecular weight is 448 g/mol. The van der Waals surface area contributed by atoms with Crippen LogP contribution < -0.4 is 16.0 Å². The molecule has 0 unspecified atom stereocenters. The van der Waals surface area contributed by atoms with Crippen molar-refractivity contribution < 1.29 is 9.59 Å². The maximum Gasteiger partial charge on any atom is 0.244 e. The Morgan fingerprint density at radius 3 is 3.03 bits per heavy atom. The highest BCUT2D eigenvalue weighted by atomic mass is 16.2. The molecule has 2 amide bonds. The van der Waals surface area contributed by atoms with E-state index in [1.807, 2.05) is 21.5 Å². The van der Waals surface area contributed by atoms with Crippen LogP contribution >= 0.6 is 0 Å². The van der Waals surface area contributed by atoms with Crippen molar-refractivity contribution in [3.63, 3.8) is 0 Å². The summed E-state index contributed by atoms with van der Waals surface area (Å²) in [7, 11) is 0. The maximum absolute atomic E-state index is 12.9. The third kappa shape index (κ3) is 4.62. The number of nitrogens with one attached hydrogen (secondary N) is 3. The number of anilines is 1. The van der Waals surface area contributed by atoms with Crippen LogP contribution in [0.5, 0.6) is 0 Å². The molecule has 0 saturated heterocycles. The summed E-state index contributed by atoms with van der Waals surface area (Å²) in [6, 6.07) is 6.51. The Balaban J connectivity index is 1.40. The van der Waals surface area contributed by atoms with Gasteiger partial charge < -0.3 is 20.5 Å². The van der Waals surface area contributed by atoms with Crippen LogP contribution in [0, 0.1) is 0 Å². The van der Waals surface area contributed by atoms with Crippen molar-refractivity contribution >= 4 is 28.5 Å². The lowest BCUT2D eigenvalue weighted by molar-refractivity contribution is -0.121. The van der Waals surface area contributed by atoms with Gasteiger partial charge in [-0.15, -0.1) is 0 Å². The van der Waals surface area contributed by atoms with Crippen molar-refractivity contribution in [1.29, 1.82) is 0 Å².